The fourth-order valence-electron chi connectivity index (χ4n) is 1.81. The van der Waals surface area contributed by atoms with Crippen LogP contribution in [-0.4, -0.2) is 34.0 Å². The van der Waals surface area contributed by atoms with Crippen LogP contribution in [0.4, 0.5) is 0 Å². The van der Waals surface area contributed by atoms with E-state index in [0.29, 0.717) is 18.1 Å². The lowest BCUT2D eigenvalue weighted by Crippen LogP contribution is -2.29. The van der Waals surface area contributed by atoms with Crippen LogP contribution in [0.25, 0.3) is 11.5 Å². The summed E-state index contributed by atoms with van der Waals surface area (Å²) in [5.74, 6) is 2.02. The van der Waals surface area contributed by atoms with Gasteiger partial charge in [-0.3, -0.25) is 9.69 Å². The van der Waals surface area contributed by atoms with Crippen LogP contribution in [0.1, 0.15) is 5.69 Å². The van der Waals surface area contributed by atoms with Gasteiger partial charge in [-0.15, -0.1) is 6.42 Å². The van der Waals surface area contributed by atoms with Gasteiger partial charge in [0.1, 0.15) is 6.26 Å². The van der Waals surface area contributed by atoms with Gasteiger partial charge >= 0.3 is 5.97 Å². The summed E-state index contributed by atoms with van der Waals surface area (Å²) in [5.41, 5.74) is 1.53. The summed E-state index contributed by atoms with van der Waals surface area (Å²) in [6.45, 7) is 0.463. The van der Waals surface area contributed by atoms with Crippen molar-refractivity contribution in [2.24, 2.45) is 0 Å². The number of nitrogens with zero attached hydrogens (tertiary/aromatic N) is 2. The minimum atomic E-state index is -0.924. The minimum Gasteiger partial charge on any atom is -0.480 e. The molecule has 0 spiro atoms. The second kappa shape index (κ2) is 6.55. The molecule has 1 aromatic heterocycles. The largest absolute Gasteiger partial charge is 0.480 e. The average Bonchev–Trinajstić information content (AvgIpc) is 2.88. The molecule has 5 heteroatoms. The Bertz CT molecular complexity index is 614. The molecule has 0 unspecified atom stereocenters. The SMILES string of the molecule is C#CCN(CC(=O)O)Cc1coc(-c2ccccc2)n1. The molecular formula is C15H14N2O3. The number of rotatable bonds is 6. The normalized spacial score (nSPS) is 10.4. The number of aromatic nitrogens is 1. The molecule has 0 bridgehead atoms. The molecule has 0 saturated carbocycles. The number of oxazole rings is 1. The Morgan fingerprint density at radius 1 is 1.40 bits per heavy atom. The highest BCUT2D eigenvalue weighted by atomic mass is 16.4. The van der Waals surface area contributed by atoms with E-state index in [1.807, 2.05) is 30.3 Å². The van der Waals surface area contributed by atoms with Crippen LogP contribution in [0.2, 0.25) is 0 Å². The molecule has 0 aliphatic carbocycles. The van der Waals surface area contributed by atoms with Crippen molar-refractivity contribution in [3.8, 4) is 23.8 Å². The molecule has 2 rings (SSSR count). The summed E-state index contributed by atoms with van der Waals surface area (Å²) in [7, 11) is 0. The van der Waals surface area contributed by atoms with Gasteiger partial charge in [0.15, 0.2) is 0 Å². The second-order valence-corrected chi connectivity index (χ2v) is 4.25. The summed E-state index contributed by atoms with van der Waals surface area (Å²) in [6, 6.07) is 9.50. The first-order valence-electron chi connectivity index (χ1n) is 6.06. The van der Waals surface area contributed by atoms with Gasteiger partial charge < -0.3 is 9.52 Å². The van der Waals surface area contributed by atoms with E-state index in [9.17, 15) is 4.79 Å². The molecule has 5 nitrogen and oxygen atoms in total. The van der Waals surface area contributed by atoms with Crippen LogP contribution in [0.15, 0.2) is 41.0 Å². The molecule has 1 N–H and O–H groups in total. The zero-order chi connectivity index (χ0) is 14.4. The molecule has 0 amide bonds. The lowest BCUT2D eigenvalue weighted by Gasteiger charge is -2.14. The summed E-state index contributed by atoms with van der Waals surface area (Å²) in [4.78, 5) is 16.7. The van der Waals surface area contributed by atoms with Gasteiger partial charge in [0, 0.05) is 12.1 Å². The number of terminal acetylenes is 1. The molecule has 0 fully saturated rings. The molecule has 0 radical (unpaired) electrons. The third-order valence-corrected chi connectivity index (χ3v) is 2.63. The van der Waals surface area contributed by atoms with Crippen molar-refractivity contribution in [3.05, 3.63) is 42.3 Å². The van der Waals surface area contributed by atoms with Crippen molar-refractivity contribution in [2.45, 2.75) is 6.54 Å². The molecule has 0 aliphatic rings. The van der Waals surface area contributed by atoms with Crippen LogP contribution < -0.4 is 0 Å². The fourth-order valence-corrected chi connectivity index (χ4v) is 1.81. The molecule has 1 aromatic carbocycles. The Kier molecular flexibility index (Phi) is 4.53. The van der Waals surface area contributed by atoms with E-state index in [1.54, 1.807) is 4.90 Å². The van der Waals surface area contributed by atoms with E-state index in [4.69, 9.17) is 15.9 Å². The summed E-state index contributed by atoms with van der Waals surface area (Å²) in [6.07, 6.45) is 6.75. The fraction of sp³-hybridized carbons (Fsp3) is 0.200. The van der Waals surface area contributed by atoms with Gasteiger partial charge in [0.25, 0.3) is 0 Å². The number of carboxylic acid groups (broad SMARTS) is 1. The van der Waals surface area contributed by atoms with E-state index in [0.717, 1.165) is 5.56 Å². The zero-order valence-electron chi connectivity index (χ0n) is 10.8. The average molecular weight is 270 g/mol. The van der Waals surface area contributed by atoms with Gasteiger partial charge in [-0.25, -0.2) is 4.98 Å². The van der Waals surface area contributed by atoms with Gasteiger partial charge in [-0.2, -0.15) is 0 Å². The highest BCUT2D eigenvalue weighted by molar-refractivity contribution is 5.69. The maximum Gasteiger partial charge on any atom is 0.317 e. The number of hydrogen-bond acceptors (Lipinski definition) is 4. The van der Waals surface area contributed by atoms with E-state index >= 15 is 0 Å². The summed E-state index contributed by atoms with van der Waals surface area (Å²) >= 11 is 0. The van der Waals surface area contributed by atoms with Gasteiger partial charge in [0.2, 0.25) is 5.89 Å². The van der Waals surface area contributed by atoms with Crippen LogP contribution in [0.5, 0.6) is 0 Å². The molecule has 102 valence electrons. The predicted octanol–water partition coefficient (Wildman–Crippen LogP) is 1.86. The maximum absolute atomic E-state index is 10.7. The highest BCUT2D eigenvalue weighted by Gasteiger charge is 2.12. The quantitative estimate of drug-likeness (QED) is 0.811. The lowest BCUT2D eigenvalue weighted by molar-refractivity contribution is -0.138. The topological polar surface area (TPSA) is 66.6 Å². The van der Waals surface area contributed by atoms with Crippen molar-refractivity contribution in [2.75, 3.05) is 13.1 Å². The van der Waals surface area contributed by atoms with Gasteiger partial charge in [0.05, 0.1) is 18.8 Å². The minimum absolute atomic E-state index is 0.127. The van der Waals surface area contributed by atoms with E-state index in [1.165, 1.54) is 6.26 Å². The monoisotopic (exact) mass is 270 g/mol. The maximum atomic E-state index is 10.7. The first kappa shape index (κ1) is 13.8. The van der Waals surface area contributed by atoms with Crippen molar-refractivity contribution in [3.63, 3.8) is 0 Å². The number of aliphatic carboxylic acids is 1. The molecule has 1 heterocycles. The Labute approximate surface area is 116 Å². The van der Waals surface area contributed by atoms with E-state index in [2.05, 4.69) is 10.9 Å². The smallest absolute Gasteiger partial charge is 0.317 e. The number of carbonyl (C=O) groups is 1. The number of carboxylic acids is 1. The van der Waals surface area contributed by atoms with Crippen LogP contribution in [0.3, 0.4) is 0 Å². The number of hydrogen-bond donors (Lipinski definition) is 1. The zero-order valence-corrected chi connectivity index (χ0v) is 10.8. The van der Waals surface area contributed by atoms with E-state index < -0.39 is 5.97 Å². The molecule has 20 heavy (non-hydrogen) atoms. The Balaban J connectivity index is 2.08. The van der Waals surface area contributed by atoms with E-state index in [-0.39, 0.29) is 13.1 Å². The van der Waals surface area contributed by atoms with Crippen LogP contribution >= 0.6 is 0 Å². The first-order valence-corrected chi connectivity index (χ1v) is 6.06. The highest BCUT2D eigenvalue weighted by Crippen LogP contribution is 2.18. The van der Waals surface area contributed by atoms with Gasteiger partial charge in [-0.1, -0.05) is 24.1 Å². The standard InChI is InChI=1S/C15H14N2O3/c1-2-8-17(10-14(18)19)9-13-11-20-15(16-13)12-6-4-3-5-7-12/h1,3-7,11H,8-10H2,(H,18,19). The lowest BCUT2D eigenvalue weighted by atomic mass is 10.2. The third kappa shape index (κ3) is 3.70. The third-order valence-electron chi connectivity index (χ3n) is 2.63. The summed E-state index contributed by atoms with van der Waals surface area (Å²) in [5, 5.41) is 8.82. The van der Waals surface area contributed by atoms with Gasteiger partial charge in [-0.05, 0) is 12.1 Å². The summed E-state index contributed by atoms with van der Waals surface area (Å²) < 4.78 is 5.40. The van der Waals surface area contributed by atoms with Crippen molar-refractivity contribution in [1.29, 1.82) is 0 Å². The van der Waals surface area contributed by atoms with Crippen molar-refractivity contribution < 1.29 is 14.3 Å². The molecule has 0 aliphatic heterocycles. The first-order chi connectivity index (χ1) is 9.69. The molecular weight excluding hydrogens is 256 g/mol. The van der Waals surface area contributed by atoms with Crippen LogP contribution in [0, 0.1) is 12.3 Å². The predicted molar refractivity (Wildman–Crippen MR) is 73.7 cm³/mol. The Hall–Kier alpha value is -2.58. The molecule has 0 saturated heterocycles. The number of benzene rings is 1. The second-order valence-electron chi connectivity index (χ2n) is 4.25. The van der Waals surface area contributed by atoms with Crippen LogP contribution in [-0.2, 0) is 11.3 Å². The molecule has 0 atom stereocenters. The van der Waals surface area contributed by atoms with Crippen molar-refractivity contribution in [1.82, 2.24) is 9.88 Å². The molecule has 2 aromatic rings. The Morgan fingerprint density at radius 3 is 2.80 bits per heavy atom. The van der Waals surface area contributed by atoms with Crippen molar-refractivity contribution >= 4 is 5.97 Å². The Morgan fingerprint density at radius 2 is 2.15 bits per heavy atom.